The van der Waals surface area contributed by atoms with E-state index in [1.165, 1.54) is 32.4 Å². The third-order valence-corrected chi connectivity index (χ3v) is 8.44. The number of hydrogen-bond acceptors (Lipinski definition) is 15. The summed E-state index contributed by atoms with van der Waals surface area (Å²) in [7, 11) is 1.26. The summed E-state index contributed by atoms with van der Waals surface area (Å²) in [4.78, 5) is 77.5. The smallest absolute Gasteiger partial charge is 0.352 e. The zero-order valence-corrected chi connectivity index (χ0v) is 25.3. The molecule has 2 aliphatic rings. The summed E-state index contributed by atoms with van der Waals surface area (Å²) in [5.74, 6) is -6.34. The first kappa shape index (κ1) is 32.8. The lowest BCUT2D eigenvalue weighted by Crippen LogP contribution is -2.71. The molecule has 0 aliphatic carbocycles. The largest absolute Gasteiger partial charge is 0.504 e. The highest BCUT2D eigenvalue weighted by Gasteiger charge is 2.54. The maximum absolute atomic E-state index is 13.2. The summed E-state index contributed by atoms with van der Waals surface area (Å²) in [6.07, 6.45) is 0. The van der Waals surface area contributed by atoms with Crippen LogP contribution in [0.2, 0.25) is 0 Å². The molecule has 18 nitrogen and oxygen atoms in total. The zero-order valence-electron chi connectivity index (χ0n) is 23.7. The molecule has 2 aliphatic heterocycles. The van der Waals surface area contributed by atoms with Crippen molar-refractivity contribution in [2.45, 2.75) is 30.9 Å². The molecule has 0 radical (unpaired) electrons. The van der Waals surface area contributed by atoms with Gasteiger partial charge in [-0.25, -0.2) is 14.6 Å². The van der Waals surface area contributed by atoms with Crippen LogP contribution in [0.25, 0.3) is 0 Å². The van der Waals surface area contributed by atoms with Crippen LogP contribution >= 0.6 is 23.1 Å². The number of nitrogen functional groups attached to an aromatic ring is 1. The Labute approximate surface area is 261 Å². The number of β-lactam (4-membered cyclic amide) rings is 1. The van der Waals surface area contributed by atoms with E-state index in [4.69, 9.17) is 15.4 Å². The van der Waals surface area contributed by atoms with Gasteiger partial charge in [-0.2, -0.15) is 0 Å². The number of aromatic hydroxyl groups is 2. The number of amides is 3. The Balaban J connectivity index is 1.50. The summed E-state index contributed by atoms with van der Waals surface area (Å²) in [6, 6.07) is 1.01. The minimum atomic E-state index is -1.81. The van der Waals surface area contributed by atoms with Crippen molar-refractivity contribution in [3.8, 4) is 11.5 Å². The van der Waals surface area contributed by atoms with Gasteiger partial charge >= 0.3 is 11.9 Å². The number of anilines is 2. The lowest BCUT2D eigenvalue weighted by molar-refractivity contribution is -0.161. The molecule has 3 amide bonds. The van der Waals surface area contributed by atoms with E-state index < -0.39 is 63.9 Å². The van der Waals surface area contributed by atoms with Crippen LogP contribution in [0.3, 0.4) is 0 Å². The van der Waals surface area contributed by atoms with Crippen molar-refractivity contribution in [1.29, 1.82) is 0 Å². The summed E-state index contributed by atoms with van der Waals surface area (Å²) < 4.78 is 0. The highest BCUT2D eigenvalue weighted by atomic mass is 32.2. The molecule has 4 rings (SSSR count). The Hall–Kier alpha value is -5.08. The third kappa shape index (κ3) is 6.71. The molecular weight excluding hydrogens is 638 g/mol. The van der Waals surface area contributed by atoms with E-state index in [1.807, 2.05) is 0 Å². The number of nitrogens with zero attached hydrogens (tertiary/aromatic N) is 3. The predicted molar refractivity (Wildman–Crippen MR) is 158 cm³/mol. The molecular formula is C25H27N7O11S2. The number of carbonyl (C=O) groups excluding carboxylic acids is 3. The molecule has 0 spiro atoms. The van der Waals surface area contributed by atoms with E-state index in [9.17, 15) is 44.4 Å². The summed E-state index contributed by atoms with van der Waals surface area (Å²) in [5, 5.41) is 48.4. The van der Waals surface area contributed by atoms with Crippen LogP contribution in [0, 0.1) is 0 Å². The molecule has 1 fully saturated rings. The molecule has 0 bridgehead atoms. The van der Waals surface area contributed by atoms with Crippen molar-refractivity contribution in [3.63, 3.8) is 0 Å². The number of carboxylic acid groups (broad SMARTS) is 2. The normalized spacial score (nSPS) is 18.1. The number of carbonyl (C=O) groups is 5. The molecule has 2 atom stereocenters. The van der Waals surface area contributed by atoms with Gasteiger partial charge in [0.15, 0.2) is 22.3 Å². The summed E-state index contributed by atoms with van der Waals surface area (Å²) in [6.45, 7) is 2.13. The van der Waals surface area contributed by atoms with Crippen LogP contribution in [-0.2, 0) is 28.9 Å². The molecule has 0 saturated carbocycles. The highest BCUT2D eigenvalue weighted by Crippen LogP contribution is 2.40. The topological polar surface area (TPSA) is 275 Å². The number of thioether (sulfide) groups is 1. The van der Waals surface area contributed by atoms with Crippen LogP contribution in [0.5, 0.6) is 11.5 Å². The molecule has 9 N–H and O–H groups in total. The van der Waals surface area contributed by atoms with E-state index in [0.717, 1.165) is 34.1 Å². The fraction of sp³-hybridized carbons (Fsp3) is 0.320. The van der Waals surface area contributed by atoms with Gasteiger partial charge in [-0.1, -0.05) is 5.16 Å². The van der Waals surface area contributed by atoms with Crippen LogP contribution in [0.1, 0.15) is 29.9 Å². The second-order valence-corrected chi connectivity index (χ2v) is 11.9. The Kier molecular flexibility index (Phi) is 9.39. The SMILES string of the molecule is CONc1cc(C(=O)NCC2=C(C(=O)O)N3C(=O)C(NC(=O)C(=NOC(C)(C)C(=O)O)c4csc(N)n4)[C@@H]3SC2)cc(O)c1O. The lowest BCUT2D eigenvalue weighted by atomic mass is 10.0. The molecule has 240 valence electrons. The molecule has 2 aromatic rings. The van der Waals surface area contributed by atoms with Crippen molar-refractivity contribution in [3.05, 3.63) is 40.0 Å². The minimum Gasteiger partial charge on any atom is -0.504 e. The molecule has 45 heavy (non-hydrogen) atoms. The third-order valence-electron chi connectivity index (χ3n) is 6.42. The number of hydrogen-bond donors (Lipinski definition) is 8. The van der Waals surface area contributed by atoms with Gasteiger partial charge in [0.2, 0.25) is 5.60 Å². The Morgan fingerprint density at radius 3 is 2.53 bits per heavy atom. The van der Waals surface area contributed by atoms with Crippen molar-refractivity contribution < 1.29 is 54.1 Å². The zero-order chi connectivity index (χ0) is 33.2. The van der Waals surface area contributed by atoms with Crippen LogP contribution < -0.4 is 21.8 Å². The first-order chi connectivity index (χ1) is 21.2. The van der Waals surface area contributed by atoms with Gasteiger partial charge in [-0.3, -0.25) is 29.6 Å². The van der Waals surface area contributed by atoms with Crippen LogP contribution in [0.15, 0.2) is 33.9 Å². The summed E-state index contributed by atoms with van der Waals surface area (Å²) in [5.41, 5.74) is 5.32. The monoisotopic (exact) mass is 665 g/mol. The number of phenolic OH excluding ortho intramolecular Hbond substituents is 2. The molecule has 1 unspecified atom stereocenters. The highest BCUT2D eigenvalue weighted by molar-refractivity contribution is 8.00. The van der Waals surface area contributed by atoms with Crippen molar-refractivity contribution in [2.24, 2.45) is 5.16 Å². The Bertz CT molecular complexity index is 1640. The second kappa shape index (κ2) is 12.9. The van der Waals surface area contributed by atoms with E-state index in [1.54, 1.807) is 0 Å². The number of rotatable bonds is 12. The number of oxime groups is 1. The quantitative estimate of drug-likeness (QED) is 0.0634. The van der Waals surface area contributed by atoms with Gasteiger partial charge in [-0.15, -0.1) is 23.1 Å². The fourth-order valence-electron chi connectivity index (χ4n) is 4.06. The van der Waals surface area contributed by atoms with Gasteiger partial charge < -0.3 is 41.6 Å². The molecule has 1 saturated heterocycles. The van der Waals surface area contributed by atoms with Crippen LogP contribution in [-0.4, -0.2) is 102 Å². The Morgan fingerprint density at radius 1 is 1.22 bits per heavy atom. The number of nitrogens with two attached hydrogens (primary N) is 1. The van der Waals surface area contributed by atoms with Gasteiger partial charge in [0.05, 0.1) is 7.11 Å². The van der Waals surface area contributed by atoms with E-state index >= 15 is 0 Å². The van der Waals surface area contributed by atoms with Gasteiger partial charge in [-0.05, 0) is 31.6 Å². The average Bonchev–Trinajstić information content (AvgIpc) is 3.41. The number of carboxylic acids is 2. The van der Waals surface area contributed by atoms with Gasteiger partial charge in [0, 0.05) is 23.2 Å². The maximum atomic E-state index is 13.2. The fourth-order valence-corrected chi connectivity index (χ4v) is 5.95. The molecule has 1 aromatic heterocycles. The lowest BCUT2D eigenvalue weighted by Gasteiger charge is -2.49. The molecule has 1 aromatic carbocycles. The molecule has 3 heterocycles. The first-order valence-corrected chi connectivity index (χ1v) is 14.6. The van der Waals surface area contributed by atoms with Crippen molar-refractivity contribution in [1.82, 2.24) is 20.5 Å². The van der Waals surface area contributed by atoms with Gasteiger partial charge in [0.25, 0.3) is 17.7 Å². The molecule has 20 heteroatoms. The van der Waals surface area contributed by atoms with Crippen LogP contribution in [0.4, 0.5) is 10.8 Å². The standard InChI is InChI=1S/C25H27N7O11S2/c1-25(2,23(40)41)43-31-14(12-8-45-24(26)28-12)19(36)29-15-20(37)32-16(22(38)39)10(7-44-21(15)32)6-27-18(35)9-4-11(30-42-3)17(34)13(33)5-9/h4-5,8,15,21,30,33-34H,6-7H2,1-3H3,(H2,26,28)(H,27,35)(H,29,36)(H,38,39)(H,40,41)/t15?,21-/m0/s1. The second-order valence-electron chi connectivity index (χ2n) is 9.92. The van der Waals surface area contributed by atoms with Gasteiger partial charge in [0.1, 0.15) is 28.5 Å². The van der Waals surface area contributed by atoms with E-state index in [-0.39, 0.29) is 45.6 Å². The number of aliphatic carboxylic acids is 2. The maximum Gasteiger partial charge on any atom is 0.352 e. The van der Waals surface area contributed by atoms with E-state index in [2.05, 4.69) is 26.3 Å². The van der Waals surface area contributed by atoms with E-state index in [0.29, 0.717) is 0 Å². The summed E-state index contributed by atoms with van der Waals surface area (Å²) >= 11 is 2.11. The number of fused-ring (bicyclic) bond motifs is 1. The minimum absolute atomic E-state index is 0.0349. The first-order valence-electron chi connectivity index (χ1n) is 12.7. The van der Waals surface area contributed by atoms with Crippen molar-refractivity contribution in [2.75, 3.05) is 30.6 Å². The van der Waals surface area contributed by atoms with Crippen molar-refractivity contribution >= 4 is 69.3 Å². The Morgan fingerprint density at radius 2 is 1.93 bits per heavy atom. The number of nitrogens with one attached hydrogen (secondary N) is 3. The number of aromatic nitrogens is 1. The number of thiazole rings is 1. The number of phenols is 2. The number of benzene rings is 1. The predicted octanol–water partition coefficient (Wildman–Crippen LogP) is -0.138. The average molecular weight is 666 g/mol.